The molecule has 0 aromatic heterocycles. The first-order valence-corrected chi connectivity index (χ1v) is 14.1. The molecule has 2 heteroatoms. The summed E-state index contributed by atoms with van der Waals surface area (Å²) in [6.45, 7) is 4.80. The van der Waals surface area contributed by atoms with Gasteiger partial charge in [-0.25, -0.2) is 0 Å². The molecule has 0 saturated heterocycles. The first-order chi connectivity index (χ1) is 16.7. The van der Waals surface area contributed by atoms with Crippen LogP contribution in [0.2, 0.25) is 0 Å². The largest absolute Gasteiger partial charge is 0.268 e. The number of aryl methyl sites for hydroxylation is 2. The van der Waals surface area contributed by atoms with E-state index in [0.29, 0.717) is 12.1 Å². The second-order valence-electron chi connectivity index (χ2n) is 8.98. The summed E-state index contributed by atoms with van der Waals surface area (Å²) in [4.78, 5) is 0. The van der Waals surface area contributed by atoms with Crippen LogP contribution in [0, 0.1) is 0 Å². The van der Waals surface area contributed by atoms with Crippen LogP contribution in [-0.2, 0) is 12.8 Å². The Hall–Kier alpha value is -2.73. The van der Waals surface area contributed by atoms with E-state index in [4.69, 9.17) is 0 Å². The maximum atomic E-state index is 2.84. The van der Waals surface area contributed by atoms with Gasteiger partial charge in [-0.1, -0.05) is 121 Å². The van der Waals surface area contributed by atoms with Gasteiger partial charge in [-0.15, -0.1) is 0 Å². The molecule has 0 spiro atoms. The maximum Gasteiger partial charge on any atom is 0.0363 e. The molecule has 4 aromatic rings. The highest BCUT2D eigenvalue weighted by Gasteiger charge is 2.29. The van der Waals surface area contributed by atoms with Crippen LogP contribution >= 0.6 is 8.07 Å². The van der Waals surface area contributed by atoms with E-state index in [1.807, 2.05) is 0 Å². The second kappa shape index (κ2) is 12.7. The van der Waals surface area contributed by atoms with Gasteiger partial charge in [0.15, 0.2) is 0 Å². The Morgan fingerprint density at radius 1 is 0.500 bits per heavy atom. The molecule has 4 aromatic carbocycles. The van der Waals surface area contributed by atoms with E-state index < -0.39 is 0 Å². The van der Waals surface area contributed by atoms with E-state index in [2.05, 4.69) is 140 Å². The van der Waals surface area contributed by atoms with Crippen LogP contribution in [0.15, 0.2) is 121 Å². The summed E-state index contributed by atoms with van der Waals surface area (Å²) in [5.74, 6) is 0. The Balaban J connectivity index is 1.65. The molecule has 0 radical (unpaired) electrons. The van der Waals surface area contributed by atoms with Crippen molar-refractivity contribution in [2.24, 2.45) is 0 Å². The molecule has 0 fully saturated rings. The zero-order valence-electron chi connectivity index (χ0n) is 20.4. The van der Waals surface area contributed by atoms with E-state index >= 15 is 0 Å². The van der Waals surface area contributed by atoms with Gasteiger partial charge in [0.05, 0.1) is 0 Å². The molecule has 0 aliphatic heterocycles. The van der Waals surface area contributed by atoms with Crippen LogP contribution < -0.4 is 0 Å². The average molecular weight is 466 g/mol. The molecule has 0 heterocycles. The molecule has 0 aliphatic carbocycles. The molecule has 34 heavy (non-hydrogen) atoms. The van der Waals surface area contributed by atoms with Crippen molar-refractivity contribution in [1.82, 2.24) is 4.67 Å². The zero-order chi connectivity index (χ0) is 23.6. The highest BCUT2D eigenvalue weighted by atomic mass is 31.1. The van der Waals surface area contributed by atoms with Crippen molar-refractivity contribution < 1.29 is 0 Å². The molecule has 0 N–H and O–H groups in total. The molecule has 1 nitrogen and oxygen atoms in total. The minimum atomic E-state index is -0.364. The van der Waals surface area contributed by atoms with Crippen molar-refractivity contribution in [1.29, 1.82) is 0 Å². The summed E-state index contributed by atoms with van der Waals surface area (Å²) in [5, 5.41) is 0. The fourth-order valence-corrected chi connectivity index (χ4v) is 7.71. The van der Waals surface area contributed by atoms with Gasteiger partial charge in [0.1, 0.15) is 0 Å². The highest BCUT2D eigenvalue weighted by Crippen LogP contribution is 2.52. The lowest BCUT2D eigenvalue weighted by molar-refractivity contribution is 0.298. The Labute approximate surface area is 207 Å². The summed E-state index contributed by atoms with van der Waals surface area (Å²) < 4.78 is 2.84. The van der Waals surface area contributed by atoms with Gasteiger partial charge < -0.3 is 0 Å². The van der Waals surface area contributed by atoms with E-state index in [0.717, 1.165) is 12.8 Å². The van der Waals surface area contributed by atoms with Crippen LogP contribution in [0.5, 0.6) is 0 Å². The van der Waals surface area contributed by atoms with Crippen LogP contribution in [0.3, 0.4) is 0 Å². The summed E-state index contributed by atoms with van der Waals surface area (Å²) in [6.07, 6.45) is 4.67. The average Bonchev–Trinajstić information content (AvgIpc) is 2.92. The van der Waals surface area contributed by atoms with Gasteiger partial charge in [0, 0.05) is 12.1 Å². The third-order valence-corrected chi connectivity index (χ3v) is 9.51. The predicted molar refractivity (Wildman–Crippen MR) is 148 cm³/mol. The van der Waals surface area contributed by atoms with Crippen LogP contribution in [0.1, 0.15) is 48.2 Å². The minimum Gasteiger partial charge on any atom is -0.268 e. The standard InChI is InChI=1S/C32H36NP/c1-27(31-19-11-5-12-20-31)33(28(2)32-21-13-6-14-22-32)34(25-23-29-15-7-3-8-16-29)26-24-30-17-9-4-10-18-30/h3-22,27-28H,23-26H2,1-2H3/t27-,28-/m0/s1. The Morgan fingerprint density at radius 3 is 1.18 bits per heavy atom. The molecule has 0 amide bonds. The van der Waals surface area contributed by atoms with Gasteiger partial charge >= 0.3 is 0 Å². The fourth-order valence-electron chi connectivity index (χ4n) is 4.74. The summed E-state index contributed by atoms with van der Waals surface area (Å²) >= 11 is 0. The van der Waals surface area contributed by atoms with Gasteiger partial charge in [-0.2, -0.15) is 0 Å². The summed E-state index contributed by atoms with van der Waals surface area (Å²) in [7, 11) is -0.364. The normalized spacial score (nSPS) is 13.2. The first kappa shape index (κ1) is 24.4. The van der Waals surface area contributed by atoms with Crippen molar-refractivity contribution in [3.8, 4) is 0 Å². The molecule has 0 saturated carbocycles. The molecule has 0 bridgehead atoms. The van der Waals surface area contributed by atoms with Crippen molar-refractivity contribution in [3.05, 3.63) is 144 Å². The second-order valence-corrected chi connectivity index (χ2v) is 11.3. The molecule has 4 rings (SSSR count). The lowest BCUT2D eigenvalue weighted by Gasteiger charge is -2.42. The van der Waals surface area contributed by atoms with E-state index in [1.165, 1.54) is 34.6 Å². The molecule has 0 unspecified atom stereocenters. The number of benzene rings is 4. The lowest BCUT2D eigenvalue weighted by atomic mass is 10.0. The maximum absolute atomic E-state index is 2.84. The minimum absolute atomic E-state index is 0.356. The lowest BCUT2D eigenvalue weighted by Crippen LogP contribution is -2.28. The van der Waals surface area contributed by atoms with E-state index in [-0.39, 0.29) is 8.07 Å². The Bertz CT molecular complexity index is 994. The fraction of sp³-hybridized carbons (Fsp3) is 0.250. The van der Waals surface area contributed by atoms with Crippen molar-refractivity contribution >= 4 is 8.07 Å². The monoisotopic (exact) mass is 465 g/mol. The summed E-state index contributed by atoms with van der Waals surface area (Å²) in [5.41, 5.74) is 5.68. The van der Waals surface area contributed by atoms with Crippen molar-refractivity contribution in [3.63, 3.8) is 0 Å². The molecule has 174 valence electrons. The third-order valence-electron chi connectivity index (χ3n) is 6.69. The SMILES string of the molecule is C[C@@H](c1ccccc1)N([C@@H](C)c1ccccc1)P(CCc1ccccc1)CCc1ccccc1. The zero-order valence-corrected chi connectivity index (χ0v) is 21.3. The number of rotatable bonds is 11. The Morgan fingerprint density at radius 2 is 0.824 bits per heavy atom. The first-order valence-electron chi connectivity index (χ1n) is 12.4. The van der Waals surface area contributed by atoms with E-state index in [1.54, 1.807) is 0 Å². The number of nitrogens with zero attached hydrogens (tertiary/aromatic N) is 1. The number of hydrogen-bond donors (Lipinski definition) is 0. The molecular weight excluding hydrogens is 429 g/mol. The highest BCUT2D eigenvalue weighted by molar-refractivity contribution is 7.55. The van der Waals surface area contributed by atoms with Crippen LogP contribution in [0.25, 0.3) is 0 Å². The Kier molecular flexibility index (Phi) is 9.08. The van der Waals surface area contributed by atoms with Gasteiger partial charge in [0.2, 0.25) is 0 Å². The third kappa shape index (κ3) is 6.66. The quantitative estimate of drug-likeness (QED) is 0.200. The van der Waals surface area contributed by atoms with Gasteiger partial charge in [0.25, 0.3) is 0 Å². The van der Waals surface area contributed by atoms with Crippen molar-refractivity contribution in [2.45, 2.75) is 38.8 Å². The van der Waals surface area contributed by atoms with Crippen molar-refractivity contribution in [2.75, 3.05) is 12.3 Å². The van der Waals surface area contributed by atoms with Gasteiger partial charge in [-0.05, 0) is 69.3 Å². The number of hydrogen-bond acceptors (Lipinski definition) is 1. The van der Waals surface area contributed by atoms with Crippen LogP contribution in [0.4, 0.5) is 0 Å². The van der Waals surface area contributed by atoms with Crippen LogP contribution in [-0.4, -0.2) is 17.0 Å². The molecule has 0 aliphatic rings. The topological polar surface area (TPSA) is 3.24 Å². The summed E-state index contributed by atoms with van der Waals surface area (Å²) in [6, 6.07) is 44.8. The van der Waals surface area contributed by atoms with E-state index in [9.17, 15) is 0 Å². The molecule has 2 atom stereocenters. The predicted octanol–water partition coefficient (Wildman–Crippen LogP) is 8.69. The van der Waals surface area contributed by atoms with Gasteiger partial charge in [-0.3, -0.25) is 4.67 Å². The molecular formula is C32H36NP. The smallest absolute Gasteiger partial charge is 0.0363 e.